The quantitative estimate of drug-likeness (QED) is 0.673. The van der Waals surface area contributed by atoms with Crippen LogP contribution in [0.25, 0.3) is 5.69 Å². The Labute approximate surface area is 173 Å². The molecule has 2 fully saturated rings. The Morgan fingerprint density at radius 3 is 2.67 bits per heavy atom. The van der Waals surface area contributed by atoms with Crippen molar-refractivity contribution in [1.82, 2.24) is 14.8 Å². The molecule has 4 rings (SSSR count). The van der Waals surface area contributed by atoms with Crippen LogP contribution in [0, 0.1) is 28.9 Å². The average molecular weight is 480 g/mol. The van der Waals surface area contributed by atoms with E-state index in [2.05, 4.69) is 54.3 Å². The number of pyridine rings is 1. The average Bonchev–Trinajstić information content (AvgIpc) is 3.27. The lowest BCUT2D eigenvalue weighted by atomic mass is 9.95. The maximum absolute atomic E-state index is 11.5. The van der Waals surface area contributed by atoms with Gasteiger partial charge in [0.15, 0.2) is 0 Å². The van der Waals surface area contributed by atoms with Gasteiger partial charge in [-0.3, -0.25) is 4.79 Å². The van der Waals surface area contributed by atoms with Gasteiger partial charge >= 0.3 is 5.97 Å². The van der Waals surface area contributed by atoms with Crippen molar-refractivity contribution in [3.05, 3.63) is 32.8 Å². The van der Waals surface area contributed by atoms with Gasteiger partial charge in [-0.15, -0.1) is 0 Å². The first kappa shape index (κ1) is 18.7. The fourth-order valence-electron chi connectivity index (χ4n) is 4.51. The third-order valence-corrected chi connectivity index (χ3v) is 7.01. The molecule has 1 saturated carbocycles. The number of carbonyl (C=O) groups is 1. The highest BCUT2D eigenvalue weighted by molar-refractivity contribution is 14.1. The van der Waals surface area contributed by atoms with Crippen LogP contribution in [0.15, 0.2) is 12.1 Å². The van der Waals surface area contributed by atoms with E-state index in [1.165, 1.54) is 5.56 Å². The highest BCUT2D eigenvalue weighted by Gasteiger charge is 2.62. The lowest BCUT2D eigenvalue weighted by Crippen LogP contribution is -2.38. The number of piperidine rings is 1. The summed E-state index contributed by atoms with van der Waals surface area (Å²) in [7, 11) is 0. The Hall–Kier alpha value is -1.64. The van der Waals surface area contributed by atoms with Crippen LogP contribution in [0.3, 0.4) is 0 Å². The van der Waals surface area contributed by atoms with Crippen molar-refractivity contribution in [2.75, 3.05) is 18.0 Å². The minimum absolute atomic E-state index is 0.258. The van der Waals surface area contributed by atoms with Crippen molar-refractivity contribution in [2.45, 2.75) is 46.5 Å². The number of fused-ring (bicyclic) bond motifs is 1. The van der Waals surface area contributed by atoms with Crippen molar-refractivity contribution < 1.29 is 9.90 Å². The number of halogens is 1. The summed E-state index contributed by atoms with van der Waals surface area (Å²) >= 11 is 2.31. The second kappa shape index (κ2) is 6.46. The molecule has 6 nitrogen and oxygen atoms in total. The fraction of sp³-hybridized carbons (Fsp3) is 0.550. The number of anilines is 1. The highest BCUT2D eigenvalue weighted by atomic mass is 127. The number of aliphatic carboxylic acids is 1. The lowest BCUT2D eigenvalue weighted by molar-refractivity contribution is -0.144. The molecule has 27 heavy (non-hydrogen) atoms. The Morgan fingerprint density at radius 2 is 2.11 bits per heavy atom. The van der Waals surface area contributed by atoms with Gasteiger partial charge in [0.05, 0.1) is 16.8 Å². The molecule has 144 valence electrons. The summed E-state index contributed by atoms with van der Waals surface area (Å²) in [5.74, 6) is 0.996. The standard InChI is InChI=1S/C20H25IN4O2/c1-11(2)17-13(4)25(23-18(17)21)15-5-6-16(22-12(15)3)24-8-7-20(19(26)27)9-14(20)10-24/h5-6,11,14H,7-10H2,1-4H3,(H,26,27)/t14-,20+/m1/s1. The molecule has 0 bridgehead atoms. The summed E-state index contributed by atoms with van der Waals surface area (Å²) in [5, 5.41) is 14.2. The van der Waals surface area contributed by atoms with E-state index in [-0.39, 0.29) is 5.92 Å². The summed E-state index contributed by atoms with van der Waals surface area (Å²) in [5.41, 5.74) is 3.94. The van der Waals surface area contributed by atoms with Gasteiger partial charge in [-0.05, 0) is 73.2 Å². The molecule has 3 heterocycles. The van der Waals surface area contributed by atoms with E-state index in [0.29, 0.717) is 12.3 Å². The molecule has 0 radical (unpaired) electrons. The summed E-state index contributed by atoms with van der Waals surface area (Å²) in [6, 6.07) is 4.13. The first-order chi connectivity index (χ1) is 12.7. The van der Waals surface area contributed by atoms with E-state index in [0.717, 1.165) is 46.1 Å². The fourth-order valence-corrected chi connectivity index (χ4v) is 5.73. The predicted octanol–water partition coefficient (Wildman–Crippen LogP) is 3.91. The largest absolute Gasteiger partial charge is 0.481 e. The number of nitrogens with zero attached hydrogens (tertiary/aromatic N) is 4. The summed E-state index contributed by atoms with van der Waals surface area (Å²) in [4.78, 5) is 18.5. The number of aromatic nitrogens is 3. The number of hydrogen-bond donors (Lipinski definition) is 1. The minimum Gasteiger partial charge on any atom is -0.481 e. The van der Waals surface area contributed by atoms with Crippen molar-refractivity contribution in [1.29, 1.82) is 0 Å². The van der Waals surface area contributed by atoms with Gasteiger partial charge in [-0.25, -0.2) is 9.67 Å². The third kappa shape index (κ3) is 2.94. The van der Waals surface area contributed by atoms with Crippen LogP contribution in [0.5, 0.6) is 0 Å². The number of carboxylic acid groups (broad SMARTS) is 1. The van der Waals surface area contributed by atoms with Gasteiger partial charge < -0.3 is 10.0 Å². The zero-order valence-electron chi connectivity index (χ0n) is 16.2. The minimum atomic E-state index is -0.628. The highest BCUT2D eigenvalue weighted by Crippen LogP contribution is 2.58. The molecule has 2 aromatic heterocycles. The van der Waals surface area contributed by atoms with Crippen molar-refractivity contribution >= 4 is 34.4 Å². The van der Waals surface area contributed by atoms with Gasteiger partial charge in [-0.2, -0.15) is 5.10 Å². The van der Waals surface area contributed by atoms with Crippen LogP contribution in [0.1, 0.15) is 49.6 Å². The van der Waals surface area contributed by atoms with Gasteiger partial charge in [0.1, 0.15) is 9.52 Å². The van der Waals surface area contributed by atoms with Crippen LogP contribution >= 0.6 is 22.6 Å². The number of carboxylic acids is 1. The van der Waals surface area contributed by atoms with Gasteiger partial charge in [0, 0.05) is 24.3 Å². The molecule has 0 spiro atoms. The van der Waals surface area contributed by atoms with Crippen LogP contribution in [0.2, 0.25) is 0 Å². The van der Waals surface area contributed by atoms with Gasteiger partial charge in [0.25, 0.3) is 0 Å². The molecule has 2 aliphatic rings. The molecule has 0 amide bonds. The topological polar surface area (TPSA) is 71.2 Å². The Balaban J connectivity index is 1.60. The molecule has 1 N–H and O–H groups in total. The van der Waals surface area contributed by atoms with Crippen LogP contribution in [-0.2, 0) is 4.79 Å². The summed E-state index contributed by atoms with van der Waals surface area (Å²) in [6.45, 7) is 10.1. The van der Waals surface area contributed by atoms with Crippen molar-refractivity contribution in [2.24, 2.45) is 11.3 Å². The zero-order valence-corrected chi connectivity index (χ0v) is 18.3. The first-order valence-electron chi connectivity index (χ1n) is 9.46. The summed E-state index contributed by atoms with van der Waals surface area (Å²) in [6.07, 6.45) is 1.52. The van der Waals surface area contributed by atoms with E-state index >= 15 is 0 Å². The summed E-state index contributed by atoms with van der Waals surface area (Å²) < 4.78 is 3.04. The monoisotopic (exact) mass is 480 g/mol. The smallest absolute Gasteiger partial charge is 0.310 e. The third-order valence-electron chi connectivity index (χ3n) is 6.22. The Bertz CT molecular complexity index is 923. The van der Waals surface area contributed by atoms with E-state index in [1.807, 2.05) is 17.7 Å². The maximum Gasteiger partial charge on any atom is 0.310 e. The second-order valence-electron chi connectivity index (χ2n) is 8.19. The van der Waals surface area contributed by atoms with E-state index in [1.54, 1.807) is 0 Å². The van der Waals surface area contributed by atoms with Crippen molar-refractivity contribution in [3.8, 4) is 5.69 Å². The Kier molecular flexibility index (Phi) is 4.48. The molecule has 2 atom stereocenters. The molecule has 0 unspecified atom stereocenters. The molecule has 1 aliphatic heterocycles. The number of rotatable bonds is 4. The van der Waals surface area contributed by atoms with E-state index < -0.39 is 11.4 Å². The molecular formula is C20H25IN4O2. The normalized spacial score (nSPS) is 24.2. The molecule has 0 aromatic carbocycles. The van der Waals surface area contributed by atoms with Crippen LogP contribution in [0.4, 0.5) is 5.82 Å². The molecule has 7 heteroatoms. The van der Waals surface area contributed by atoms with E-state index in [9.17, 15) is 9.90 Å². The van der Waals surface area contributed by atoms with Gasteiger partial charge in [-0.1, -0.05) is 13.8 Å². The molecule has 2 aromatic rings. The predicted molar refractivity (Wildman–Crippen MR) is 113 cm³/mol. The number of aryl methyl sites for hydroxylation is 1. The zero-order chi connectivity index (χ0) is 19.5. The second-order valence-corrected chi connectivity index (χ2v) is 9.21. The van der Waals surface area contributed by atoms with E-state index in [4.69, 9.17) is 10.1 Å². The van der Waals surface area contributed by atoms with Crippen molar-refractivity contribution in [3.63, 3.8) is 0 Å². The van der Waals surface area contributed by atoms with Crippen LogP contribution < -0.4 is 4.90 Å². The van der Waals surface area contributed by atoms with Crippen LogP contribution in [-0.4, -0.2) is 38.9 Å². The molecular weight excluding hydrogens is 455 g/mol. The maximum atomic E-state index is 11.5. The molecule has 1 aliphatic carbocycles. The number of hydrogen-bond acceptors (Lipinski definition) is 4. The molecule has 1 saturated heterocycles. The SMILES string of the molecule is Cc1nc(N2CC[C@]3(C(=O)O)C[C@@H]3C2)ccc1-n1nc(I)c(C(C)C)c1C. The van der Waals surface area contributed by atoms with Gasteiger partial charge in [0.2, 0.25) is 0 Å². The first-order valence-corrected chi connectivity index (χ1v) is 10.5. The Morgan fingerprint density at radius 1 is 1.37 bits per heavy atom. The lowest BCUT2D eigenvalue weighted by Gasteiger charge is -2.31.